The van der Waals surface area contributed by atoms with Crippen LogP contribution in [-0.4, -0.2) is 21.2 Å². The van der Waals surface area contributed by atoms with Gasteiger partial charge in [-0.3, -0.25) is 19.0 Å². The first-order valence-electron chi connectivity index (χ1n) is 10.6. The van der Waals surface area contributed by atoms with Crippen LogP contribution in [0.2, 0.25) is 0 Å². The summed E-state index contributed by atoms with van der Waals surface area (Å²) in [5.41, 5.74) is 11.7. The van der Waals surface area contributed by atoms with Crippen LogP contribution in [0.5, 0.6) is 0 Å². The molecule has 0 radical (unpaired) electrons. The second-order valence-corrected chi connectivity index (χ2v) is 9.12. The minimum absolute atomic E-state index is 0.175. The lowest BCUT2D eigenvalue weighted by Gasteiger charge is -2.13. The average molecular weight is 471 g/mol. The molecular weight excluding hydrogens is 448 g/mol. The number of aryl methyl sites for hydroxylation is 1. The SMILES string of the molecule is Cc1cc(N)c2cc(C(=O)Nc3ccc(NC(=O)C4=CC=C5SN(N)C=C5C4)cc3)ccc2n1. The molecule has 2 amide bonds. The zero-order valence-electron chi connectivity index (χ0n) is 18.3. The van der Waals surface area contributed by atoms with E-state index in [1.165, 1.54) is 16.4 Å². The second kappa shape index (κ2) is 8.69. The van der Waals surface area contributed by atoms with Crippen molar-refractivity contribution >= 4 is 51.7 Å². The van der Waals surface area contributed by atoms with Crippen LogP contribution < -0.4 is 22.2 Å². The molecule has 170 valence electrons. The van der Waals surface area contributed by atoms with E-state index in [4.69, 9.17) is 11.6 Å². The second-order valence-electron chi connectivity index (χ2n) is 8.08. The Bertz CT molecular complexity index is 1430. The first kappa shape index (κ1) is 21.7. The number of anilines is 3. The third-order valence-corrected chi connectivity index (χ3v) is 6.45. The summed E-state index contributed by atoms with van der Waals surface area (Å²) >= 11 is 1.43. The quantitative estimate of drug-likeness (QED) is 0.332. The molecule has 2 aliphatic rings. The van der Waals surface area contributed by atoms with Crippen molar-refractivity contribution in [2.75, 3.05) is 16.4 Å². The molecule has 0 unspecified atom stereocenters. The average Bonchev–Trinajstić information content (AvgIpc) is 3.19. The molecule has 0 spiro atoms. The molecule has 5 rings (SSSR count). The maximum atomic E-state index is 12.7. The van der Waals surface area contributed by atoms with Gasteiger partial charge < -0.3 is 16.4 Å². The Morgan fingerprint density at radius 1 is 1.00 bits per heavy atom. The number of amides is 2. The maximum absolute atomic E-state index is 12.7. The van der Waals surface area contributed by atoms with Crippen molar-refractivity contribution in [1.29, 1.82) is 0 Å². The van der Waals surface area contributed by atoms with Crippen molar-refractivity contribution in [3.63, 3.8) is 0 Å². The largest absolute Gasteiger partial charge is 0.398 e. The summed E-state index contributed by atoms with van der Waals surface area (Å²) in [6, 6.07) is 14.0. The van der Waals surface area contributed by atoms with E-state index in [0.29, 0.717) is 34.6 Å². The summed E-state index contributed by atoms with van der Waals surface area (Å²) in [5, 5.41) is 6.50. The molecule has 0 fully saturated rings. The van der Waals surface area contributed by atoms with Crippen molar-refractivity contribution in [2.24, 2.45) is 5.84 Å². The Balaban J connectivity index is 1.24. The molecule has 3 aromatic rings. The molecule has 1 aromatic heterocycles. The van der Waals surface area contributed by atoms with Crippen LogP contribution in [0, 0.1) is 6.92 Å². The van der Waals surface area contributed by atoms with E-state index >= 15 is 0 Å². The molecule has 1 aliphatic heterocycles. The molecule has 2 heterocycles. The lowest BCUT2D eigenvalue weighted by molar-refractivity contribution is -0.112. The van der Waals surface area contributed by atoms with Gasteiger partial charge in [0.1, 0.15) is 0 Å². The Hall–Kier alpha value is -4.08. The molecule has 8 nitrogen and oxygen atoms in total. The number of benzene rings is 2. The van der Waals surface area contributed by atoms with Gasteiger partial charge in [0.25, 0.3) is 11.8 Å². The molecule has 2 aromatic carbocycles. The van der Waals surface area contributed by atoms with Crippen LogP contribution in [0.3, 0.4) is 0 Å². The lowest BCUT2D eigenvalue weighted by Crippen LogP contribution is -2.16. The Morgan fingerprint density at radius 2 is 1.71 bits per heavy atom. The summed E-state index contributed by atoms with van der Waals surface area (Å²) in [7, 11) is 0. The number of carbonyl (C=O) groups is 2. The number of nitrogens with zero attached hydrogens (tertiary/aromatic N) is 2. The number of allylic oxidation sites excluding steroid dienone is 3. The van der Waals surface area contributed by atoms with E-state index in [1.807, 2.05) is 25.3 Å². The number of hydrazine groups is 1. The molecule has 9 heteroatoms. The molecular formula is C25H22N6O2S. The van der Waals surface area contributed by atoms with Crippen LogP contribution in [0.15, 0.2) is 82.9 Å². The fraction of sp³-hybridized carbons (Fsp3) is 0.0800. The van der Waals surface area contributed by atoms with E-state index in [-0.39, 0.29) is 11.8 Å². The highest BCUT2D eigenvalue weighted by Crippen LogP contribution is 2.39. The van der Waals surface area contributed by atoms with Crippen LogP contribution in [0.4, 0.5) is 17.1 Å². The van der Waals surface area contributed by atoms with Crippen molar-refractivity contribution in [1.82, 2.24) is 9.40 Å². The minimum Gasteiger partial charge on any atom is -0.398 e. The van der Waals surface area contributed by atoms with Gasteiger partial charge in [-0.25, -0.2) is 5.84 Å². The van der Waals surface area contributed by atoms with Gasteiger partial charge in [0.2, 0.25) is 0 Å². The number of nitrogen functional groups attached to an aromatic ring is 1. The Morgan fingerprint density at radius 3 is 2.44 bits per heavy atom. The van der Waals surface area contributed by atoms with E-state index in [1.54, 1.807) is 48.5 Å². The first-order valence-corrected chi connectivity index (χ1v) is 11.4. The number of hydrogen-bond acceptors (Lipinski definition) is 7. The van der Waals surface area contributed by atoms with E-state index in [2.05, 4.69) is 15.6 Å². The molecule has 0 bridgehead atoms. The van der Waals surface area contributed by atoms with Crippen LogP contribution in [0.25, 0.3) is 10.9 Å². The standard InChI is InChI=1S/C25H22N6O2S/c1-14-10-21(26)20-12-16(2-8-22(20)28-14)25(33)30-19-6-4-18(5-7-19)29-24(32)15-3-9-23-17(11-15)13-31(27)34-23/h2-10,12-13H,11,27H2,1H3,(H2,26,28)(H,29,32)(H,30,33). The van der Waals surface area contributed by atoms with Crippen molar-refractivity contribution < 1.29 is 9.59 Å². The first-order chi connectivity index (χ1) is 16.4. The molecule has 34 heavy (non-hydrogen) atoms. The van der Waals surface area contributed by atoms with Gasteiger partial charge >= 0.3 is 0 Å². The summed E-state index contributed by atoms with van der Waals surface area (Å²) in [5.74, 6) is 5.34. The van der Waals surface area contributed by atoms with Gasteiger partial charge in [0, 0.05) is 68.8 Å². The molecule has 0 atom stereocenters. The van der Waals surface area contributed by atoms with Gasteiger partial charge in [-0.05, 0) is 67.1 Å². The van der Waals surface area contributed by atoms with Crippen LogP contribution in [0.1, 0.15) is 22.5 Å². The van der Waals surface area contributed by atoms with Crippen molar-refractivity contribution in [3.05, 3.63) is 94.2 Å². The number of rotatable bonds is 4. The van der Waals surface area contributed by atoms with Gasteiger partial charge in [0.15, 0.2) is 0 Å². The van der Waals surface area contributed by atoms with E-state index in [9.17, 15) is 9.59 Å². The van der Waals surface area contributed by atoms with Crippen LogP contribution >= 0.6 is 11.9 Å². The lowest BCUT2D eigenvalue weighted by atomic mass is 9.99. The predicted octanol–water partition coefficient (Wildman–Crippen LogP) is 4.25. The van der Waals surface area contributed by atoms with Crippen molar-refractivity contribution in [3.8, 4) is 0 Å². The number of pyridine rings is 1. The third kappa shape index (κ3) is 4.39. The number of aromatic nitrogens is 1. The van der Waals surface area contributed by atoms with Crippen molar-refractivity contribution in [2.45, 2.75) is 13.3 Å². The van der Waals surface area contributed by atoms with Gasteiger partial charge in [-0.1, -0.05) is 6.08 Å². The highest BCUT2D eigenvalue weighted by atomic mass is 32.2. The molecule has 6 N–H and O–H groups in total. The molecule has 1 aliphatic carbocycles. The zero-order valence-corrected chi connectivity index (χ0v) is 19.1. The Labute approximate surface area is 200 Å². The monoisotopic (exact) mass is 470 g/mol. The summed E-state index contributed by atoms with van der Waals surface area (Å²) in [6.45, 7) is 1.88. The number of carbonyl (C=O) groups excluding carboxylic acids is 2. The van der Waals surface area contributed by atoms with E-state index in [0.717, 1.165) is 27.1 Å². The third-order valence-electron chi connectivity index (χ3n) is 5.54. The molecule has 0 saturated heterocycles. The highest BCUT2D eigenvalue weighted by molar-refractivity contribution is 8.01. The van der Waals surface area contributed by atoms with Crippen LogP contribution in [-0.2, 0) is 4.79 Å². The summed E-state index contributed by atoms with van der Waals surface area (Å²) in [6.07, 6.45) is 6.07. The summed E-state index contributed by atoms with van der Waals surface area (Å²) < 4.78 is 1.54. The normalized spacial score (nSPS) is 14.8. The summed E-state index contributed by atoms with van der Waals surface area (Å²) in [4.78, 5) is 30.9. The topological polar surface area (TPSA) is 126 Å². The number of nitrogens with two attached hydrogens (primary N) is 2. The smallest absolute Gasteiger partial charge is 0.255 e. The minimum atomic E-state index is -0.259. The fourth-order valence-electron chi connectivity index (χ4n) is 3.86. The maximum Gasteiger partial charge on any atom is 0.255 e. The van der Waals surface area contributed by atoms with Gasteiger partial charge in [-0.15, -0.1) is 0 Å². The van der Waals surface area contributed by atoms with Gasteiger partial charge in [0.05, 0.1) is 5.52 Å². The highest BCUT2D eigenvalue weighted by Gasteiger charge is 2.23. The Kier molecular flexibility index (Phi) is 5.56. The molecule has 0 saturated carbocycles. The number of nitrogens with one attached hydrogen (secondary N) is 2. The number of hydrogen-bond donors (Lipinski definition) is 4. The number of fused-ring (bicyclic) bond motifs is 2. The predicted molar refractivity (Wildman–Crippen MR) is 136 cm³/mol. The van der Waals surface area contributed by atoms with Gasteiger partial charge in [-0.2, -0.15) is 0 Å². The zero-order chi connectivity index (χ0) is 23.8. The van der Waals surface area contributed by atoms with E-state index < -0.39 is 0 Å². The fourth-order valence-corrected chi connectivity index (χ4v) is 4.64.